The molecule has 0 aliphatic heterocycles. The van der Waals surface area contributed by atoms with Crippen molar-refractivity contribution < 1.29 is 19.2 Å². The molecular weight excluding hydrogens is 763 g/mol. The van der Waals surface area contributed by atoms with Gasteiger partial charge in [0.05, 0.1) is 35.6 Å². The van der Waals surface area contributed by atoms with Crippen molar-refractivity contribution in [3.8, 4) is 22.5 Å². The molecule has 57 heavy (non-hydrogen) atoms. The van der Waals surface area contributed by atoms with Crippen molar-refractivity contribution in [2.45, 2.75) is 38.8 Å². The lowest BCUT2D eigenvalue weighted by Crippen LogP contribution is -2.42. The molecule has 4 amide bonds. The molecule has 7 aromatic rings. The van der Waals surface area contributed by atoms with E-state index in [1.807, 2.05) is 78.9 Å². The number of carbonyl (C=O) groups is 4. The first kappa shape index (κ1) is 38.6. The molecule has 0 aliphatic rings. The maximum Gasteiger partial charge on any atom is 0.246 e. The average molecular weight is 800 g/mol. The number of halogens is 2. The molecule has 0 fully saturated rings. The van der Waals surface area contributed by atoms with Crippen molar-refractivity contribution in [3.05, 3.63) is 137 Å². The van der Waals surface area contributed by atoms with E-state index in [0.29, 0.717) is 38.8 Å². The molecule has 0 unspecified atom stereocenters. The van der Waals surface area contributed by atoms with Crippen molar-refractivity contribution in [1.29, 1.82) is 0 Å². The molecule has 0 aliphatic carbocycles. The van der Waals surface area contributed by atoms with Gasteiger partial charge in [-0.05, 0) is 72.6 Å². The molecular formula is C43H36Cl2N8O4. The van der Waals surface area contributed by atoms with E-state index in [2.05, 4.69) is 41.4 Å². The van der Waals surface area contributed by atoms with Gasteiger partial charge in [0.1, 0.15) is 22.4 Å². The zero-order valence-electron chi connectivity index (χ0n) is 30.8. The zero-order chi connectivity index (χ0) is 40.1. The number of nitrogens with one attached hydrogen (secondary N) is 5. The van der Waals surface area contributed by atoms with Crippen LogP contribution < -0.4 is 21.3 Å². The summed E-state index contributed by atoms with van der Waals surface area (Å²) in [7, 11) is 0. The Morgan fingerprint density at radius 1 is 0.596 bits per heavy atom. The predicted molar refractivity (Wildman–Crippen MR) is 223 cm³/mol. The van der Waals surface area contributed by atoms with E-state index in [9.17, 15) is 19.2 Å². The number of benzene rings is 4. The lowest BCUT2D eigenvalue weighted by Gasteiger charge is -2.15. The zero-order valence-corrected chi connectivity index (χ0v) is 32.3. The van der Waals surface area contributed by atoms with Crippen LogP contribution in [0.1, 0.15) is 25.2 Å². The third-order valence-corrected chi connectivity index (χ3v) is 9.65. The Bertz CT molecular complexity index is 2450. The van der Waals surface area contributed by atoms with E-state index in [0.717, 1.165) is 38.4 Å². The van der Waals surface area contributed by atoms with E-state index >= 15 is 0 Å². The lowest BCUT2D eigenvalue weighted by atomic mass is 10.1. The summed E-state index contributed by atoms with van der Waals surface area (Å²) >= 11 is 12.3. The summed E-state index contributed by atoms with van der Waals surface area (Å²) in [4.78, 5) is 60.1. The molecule has 0 spiro atoms. The molecule has 286 valence electrons. The Kier molecular flexibility index (Phi) is 11.5. The van der Waals surface area contributed by atoms with Crippen molar-refractivity contribution in [3.63, 3.8) is 0 Å². The number of rotatable bonds is 12. The fourth-order valence-electron chi connectivity index (χ4n) is 6.34. The van der Waals surface area contributed by atoms with Crippen molar-refractivity contribution in [2.75, 3.05) is 10.6 Å². The standard InChI is InChI=1S/C43H36Cl2N8O4/c1-24(46-40(54)22-36-32-9-5-3-7-28(32)19-38(44)50-36)42(56)48-30-15-11-26(12-16-30)34-21-35(53-52-34)27-13-17-31(18-14-27)49-43(57)25(2)47-41(55)23-37-33-10-6-4-8-29(33)20-39(45)51-37/h3-21,24-25H,22-23H2,1-2H3,(H,46,54)(H,47,55)(H,48,56)(H,49,57)(H,52,53)/t24-,25-/m0/s1. The third kappa shape index (κ3) is 9.43. The minimum Gasteiger partial charge on any atom is -0.344 e. The third-order valence-electron chi connectivity index (χ3n) is 9.26. The van der Waals surface area contributed by atoms with Crippen LogP contribution in [0.5, 0.6) is 0 Å². The van der Waals surface area contributed by atoms with Crippen LogP contribution in [-0.4, -0.2) is 55.9 Å². The van der Waals surface area contributed by atoms with Gasteiger partial charge in [0.25, 0.3) is 0 Å². The maximum atomic E-state index is 12.9. The Balaban J connectivity index is 0.893. The van der Waals surface area contributed by atoms with E-state index < -0.39 is 12.1 Å². The number of carbonyl (C=O) groups excluding carboxylic acids is 4. The van der Waals surface area contributed by atoms with Gasteiger partial charge in [-0.2, -0.15) is 5.10 Å². The summed E-state index contributed by atoms with van der Waals surface area (Å²) in [6.45, 7) is 3.23. The number of hydrogen-bond acceptors (Lipinski definition) is 7. The first-order chi connectivity index (χ1) is 27.5. The van der Waals surface area contributed by atoms with E-state index in [1.165, 1.54) is 0 Å². The quantitative estimate of drug-likeness (QED) is 0.0796. The highest BCUT2D eigenvalue weighted by atomic mass is 35.5. The van der Waals surface area contributed by atoms with Gasteiger partial charge >= 0.3 is 0 Å². The Morgan fingerprint density at radius 3 is 1.51 bits per heavy atom. The normalized spacial score (nSPS) is 12.1. The van der Waals surface area contributed by atoms with Gasteiger partial charge in [0.2, 0.25) is 23.6 Å². The van der Waals surface area contributed by atoms with Crippen LogP contribution in [0.4, 0.5) is 11.4 Å². The fourth-order valence-corrected chi connectivity index (χ4v) is 6.78. The van der Waals surface area contributed by atoms with Crippen molar-refractivity contribution >= 4 is 79.8 Å². The molecule has 3 heterocycles. The second-order valence-corrected chi connectivity index (χ2v) is 14.2. The highest BCUT2D eigenvalue weighted by molar-refractivity contribution is 6.30. The minimum atomic E-state index is -0.801. The molecule has 0 saturated carbocycles. The molecule has 2 atom stereocenters. The van der Waals surface area contributed by atoms with Gasteiger partial charge in [-0.3, -0.25) is 24.3 Å². The van der Waals surface area contributed by atoms with Crippen LogP contribution in [0.2, 0.25) is 10.3 Å². The molecule has 3 aromatic heterocycles. The Morgan fingerprint density at radius 2 is 1.04 bits per heavy atom. The van der Waals surface area contributed by atoms with Gasteiger partial charge < -0.3 is 21.3 Å². The largest absolute Gasteiger partial charge is 0.344 e. The van der Waals surface area contributed by atoms with Crippen LogP contribution in [0.15, 0.2) is 115 Å². The fraction of sp³-hybridized carbons (Fsp3) is 0.140. The van der Waals surface area contributed by atoms with Crippen LogP contribution >= 0.6 is 23.2 Å². The smallest absolute Gasteiger partial charge is 0.246 e. The highest BCUT2D eigenvalue weighted by Crippen LogP contribution is 2.27. The first-order valence-electron chi connectivity index (χ1n) is 18.0. The molecule has 12 nitrogen and oxygen atoms in total. The van der Waals surface area contributed by atoms with E-state index in [1.54, 1.807) is 50.2 Å². The number of nitrogens with zero attached hydrogens (tertiary/aromatic N) is 3. The Hall–Kier alpha value is -6.63. The molecule has 7 rings (SSSR count). The van der Waals surface area contributed by atoms with Crippen molar-refractivity contribution in [2.24, 2.45) is 0 Å². The monoisotopic (exact) mass is 798 g/mol. The van der Waals surface area contributed by atoms with Crippen LogP contribution in [0, 0.1) is 0 Å². The minimum absolute atomic E-state index is 0.0239. The van der Waals surface area contributed by atoms with Crippen LogP contribution in [-0.2, 0) is 32.0 Å². The number of pyridine rings is 2. The summed E-state index contributed by atoms with van der Waals surface area (Å²) in [6.07, 6.45) is -0.0484. The molecule has 5 N–H and O–H groups in total. The van der Waals surface area contributed by atoms with E-state index in [4.69, 9.17) is 23.2 Å². The van der Waals surface area contributed by atoms with Gasteiger partial charge in [-0.1, -0.05) is 96.0 Å². The average Bonchev–Trinajstić information content (AvgIpc) is 3.69. The van der Waals surface area contributed by atoms with Gasteiger partial charge in [-0.25, -0.2) is 9.97 Å². The number of H-pyrrole nitrogens is 1. The number of anilines is 2. The topological polar surface area (TPSA) is 171 Å². The molecule has 14 heteroatoms. The number of hydrogen-bond donors (Lipinski definition) is 5. The van der Waals surface area contributed by atoms with Crippen molar-refractivity contribution in [1.82, 2.24) is 30.8 Å². The second kappa shape index (κ2) is 17.0. The van der Waals surface area contributed by atoms with E-state index in [-0.39, 0.29) is 36.5 Å². The van der Waals surface area contributed by atoms with Gasteiger partial charge in [0.15, 0.2) is 0 Å². The maximum absolute atomic E-state index is 12.9. The Labute approximate surface area is 337 Å². The first-order valence-corrected chi connectivity index (χ1v) is 18.8. The summed E-state index contributed by atoms with van der Waals surface area (Å²) in [5.41, 5.74) is 5.29. The number of aromatic nitrogens is 4. The molecule has 0 saturated heterocycles. The molecule has 4 aromatic carbocycles. The predicted octanol–water partition coefficient (Wildman–Crippen LogP) is 7.52. The lowest BCUT2D eigenvalue weighted by molar-refractivity contribution is -0.125. The summed E-state index contributed by atoms with van der Waals surface area (Å²) in [5.74, 6) is -1.45. The second-order valence-electron chi connectivity index (χ2n) is 13.5. The summed E-state index contributed by atoms with van der Waals surface area (Å²) in [5, 5.41) is 22.6. The number of amides is 4. The number of aromatic amines is 1. The molecule has 0 bridgehead atoms. The highest BCUT2D eigenvalue weighted by Gasteiger charge is 2.20. The SMILES string of the molecule is C[C@H](NC(=O)Cc1nc(Cl)cc2ccccc12)C(=O)Nc1ccc(-c2cc(-c3ccc(NC(=O)[C@H](C)NC(=O)Cc4nc(Cl)cc5ccccc45)cc3)[nH]n2)cc1. The molecule has 0 radical (unpaired) electrons. The van der Waals surface area contributed by atoms with Crippen LogP contribution in [0.3, 0.4) is 0 Å². The number of fused-ring (bicyclic) bond motifs is 2. The van der Waals surface area contributed by atoms with Crippen LogP contribution in [0.25, 0.3) is 44.1 Å². The summed E-state index contributed by atoms with van der Waals surface area (Å²) < 4.78 is 0. The van der Waals surface area contributed by atoms with Gasteiger partial charge in [-0.15, -0.1) is 0 Å². The van der Waals surface area contributed by atoms with Gasteiger partial charge in [0, 0.05) is 27.7 Å². The summed E-state index contributed by atoms with van der Waals surface area (Å²) in [6, 6.07) is 33.3.